The highest BCUT2D eigenvalue weighted by Gasteiger charge is 2.18. The van der Waals surface area contributed by atoms with Gasteiger partial charge in [-0.1, -0.05) is 0 Å². The van der Waals surface area contributed by atoms with Gasteiger partial charge < -0.3 is 14.8 Å². The van der Waals surface area contributed by atoms with Gasteiger partial charge in [0, 0.05) is 40.1 Å². The highest BCUT2D eigenvalue weighted by molar-refractivity contribution is 7.85. The Hall–Kier alpha value is -1.23. The van der Waals surface area contributed by atoms with Gasteiger partial charge in [-0.2, -0.15) is 0 Å². The van der Waals surface area contributed by atoms with E-state index in [9.17, 15) is 4.21 Å². The lowest BCUT2D eigenvalue weighted by Crippen LogP contribution is -2.29. The van der Waals surface area contributed by atoms with Gasteiger partial charge in [-0.15, -0.1) is 0 Å². The zero-order valence-electron chi connectivity index (χ0n) is 10.2. The molecular weight excluding hydrogens is 250 g/mol. The Morgan fingerprint density at radius 3 is 2.61 bits per heavy atom. The van der Waals surface area contributed by atoms with Crippen LogP contribution in [0, 0.1) is 0 Å². The van der Waals surface area contributed by atoms with E-state index in [4.69, 9.17) is 9.47 Å². The third-order valence-electron chi connectivity index (χ3n) is 3.30. The fourth-order valence-electron chi connectivity index (χ4n) is 2.31. The van der Waals surface area contributed by atoms with Crippen LogP contribution in [0.3, 0.4) is 0 Å². The van der Waals surface area contributed by atoms with Gasteiger partial charge in [0.25, 0.3) is 0 Å². The Kier molecular flexibility index (Phi) is 3.41. The van der Waals surface area contributed by atoms with Gasteiger partial charge in [-0.3, -0.25) is 4.21 Å². The number of rotatable bonds is 2. The Balaban J connectivity index is 1.67. The first-order chi connectivity index (χ1) is 8.81. The summed E-state index contributed by atoms with van der Waals surface area (Å²) in [6, 6.07) is 6.36. The van der Waals surface area contributed by atoms with Gasteiger partial charge in [0.15, 0.2) is 11.5 Å². The van der Waals surface area contributed by atoms with Crippen molar-refractivity contribution in [2.45, 2.75) is 18.9 Å². The van der Waals surface area contributed by atoms with Gasteiger partial charge in [-0.25, -0.2) is 0 Å². The first-order valence-electron chi connectivity index (χ1n) is 6.32. The molecule has 1 saturated heterocycles. The summed E-state index contributed by atoms with van der Waals surface area (Å²) in [5.41, 5.74) is 1.05. The molecule has 18 heavy (non-hydrogen) atoms. The van der Waals surface area contributed by atoms with Crippen molar-refractivity contribution in [1.82, 2.24) is 0 Å². The molecule has 1 aromatic rings. The molecule has 98 valence electrons. The van der Waals surface area contributed by atoms with E-state index in [1.165, 1.54) is 0 Å². The normalized spacial score (nSPS) is 26.7. The highest BCUT2D eigenvalue weighted by Crippen LogP contribution is 2.33. The largest absolute Gasteiger partial charge is 0.486 e. The summed E-state index contributed by atoms with van der Waals surface area (Å²) in [5, 5.41) is 3.48. The second-order valence-electron chi connectivity index (χ2n) is 4.63. The fraction of sp³-hybridized carbons (Fsp3) is 0.538. The van der Waals surface area contributed by atoms with Gasteiger partial charge >= 0.3 is 0 Å². The molecule has 2 aliphatic heterocycles. The molecule has 0 saturated carbocycles. The second kappa shape index (κ2) is 5.18. The summed E-state index contributed by atoms with van der Waals surface area (Å²) in [7, 11) is -0.606. The van der Waals surface area contributed by atoms with Crippen LogP contribution in [0.2, 0.25) is 0 Å². The number of benzene rings is 1. The van der Waals surface area contributed by atoms with E-state index in [1.807, 2.05) is 18.2 Å². The lowest BCUT2D eigenvalue weighted by atomic mass is 10.1. The van der Waals surface area contributed by atoms with E-state index >= 15 is 0 Å². The average molecular weight is 267 g/mol. The van der Waals surface area contributed by atoms with E-state index in [1.54, 1.807) is 0 Å². The topological polar surface area (TPSA) is 47.6 Å². The number of hydrogen-bond acceptors (Lipinski definition) is 4. The fourth-order valence-corrected chi connectivity index (χ4v) is 3.61. The van der Waals surface area contributed by atoms with Crippen molar-refractivity contribution in [2.75, 3.05) is 30.0 Å². The molecule has 0 radical (unpaired) electrons. The summed E-state index contributed by atoms with van der Waals surface area (Å²) in [5.74, 6) is 3.24. The summed E-state index contributed by atoms with van der Waals surface area (Å²) in [4.78, 5) is 0. The van der Waals surface area contributed by atoms with Crippen molar-refractivity contribution in [3.05, 3.63) is 18.2 Å². The number of hydrogen-bond donors (Lipinski definition) is 1. The van der Waals surface area contributed by atoms with Crippen LogP contribution < -0.4 is 14.8 Å². The predicted molar refractivity (Wildman–Crippen MR) is 72.0 cm³/mol. The molecule has 0 aliphatic carbocycles. The second-order valence-corrected chi connectivity index (χ2v) is 6.32. The molecule has 0 amide bonds. The minimum atomic E-state index is -0.606. The number of ether oxygens (including phenoxy) is 2. The van der Waals surface area contributed by atoms with Crippen molar-refractivity contribution in [3.8, 4) is 11.5 Å². The number of anilines is 1. The van der Waals surface area contributed by atoms with Gasteiger partial charge in [0.2, 0.25) is 0 Å². The first kappa shape index (κ1) is 11.8. The van der Waals surface area contributed by atoms with E-state index in [0.29, 0.717) is 19.3 Å². The van der Waals surface area contributed by atoms with E-state index < -0.39 is 10.8 Å². The molecule has 1 N–H and O–H groups in total. The van der Waals surface area contributed by atoms with Crippen LogP contribution in [-0.2, 0) is 10.8 Å². The molecule has 3 rings (SSSR count). The molecule has 1 fully saturated rings. The molecule has 0 aromatic heterocycles. The number of fused-ring (bicyclic) bond motifs is 1. The smallest absolute Gasteiger partial charge is 0.163 e. The molecule has 0 atom stereocenters. The third kappa shape index (κ3) is 2.61. The van der Waals surface area contributed by atoms with Crippen molar-refractivity contribution < 1.29 is 13.7 Å². The Morgan fingerprint density at radius 2 is 1.83 bits per heavy atom. The lowest BCUT2D eigenvalue weighted by molar-refractivity contribution is 0.171. The minimum Gasteiger partial charge on any atom is -0.486 e. The maximum atomic E-state index is 11.3. The molecule has 1 aromatic carbocycles. The molecular formula is C13H17NO3S. The average Bonchev–Trinajstić information content (AvgIpc) is 2.41. The maximum absolute atomic E-state index is 11.3. The van der Waals surface area contributed by atoms with Crippen LogP contribution in [-0.4, -0.2) is 35.0 Å². The Bertz CT molecular complexity index is 454. The molecule has 2 heterocycles. The third-order valence-corrected chi connectivity index (χ3v) is 4.68. The number of nitrogens with one attached hydrogen (secondary N) is 1. The van der Waals surface area contributed by atoms with E-state index in [0.717, 1.165) is 41.5 Å². The highest BCUT2D eigenvalue weighted by atomic mass is 32.2. The van der Waals surface area contributed by atoms with E-state index in [2.05, 4.69) is 5.32 Å². The van der Waals surface area contributed by atoms with Gasteiger partial charge in [-0.05, 0) is 25.0 Å². The van der Waals surface area contributed by atoms with Crippen LogP contribution in [0.25, 0.3) is 0 Å². The zero-order valence-corrected chi connectivity index (χ0v) is 11.0. The van der Waals surface area contributed by atoms with E-state index in [-0.39, 0.29) is 0 Å². The van der Waals surface area contributed by atoms with Crippen LogP contribution >= 0.6 is 0 Å². The maximum Gasteiger partial charge on any atom is 0.163 e. The van der Waals surface area contributed by atoms with Gasteiger partial charge in [0.05, 0.1) is 0 Å². The summed E-state index contributed by atoms with van der Waals surface area (Å²) < 4.78 is 22.3. The lowest BCUT2D eigenvalue weighted by Gasteiger charge is -2.25. The molecule has 0 bridgehead atoms. The summed E-state index contributed by atoms with van der Waals surface area (Å²) in [6.07, 6.45) is 1.95. The molecule has 2 aliphatic rings. The zero-order chi connectivity index (χ0) is 12.4. The van der Waals surface area contributed by atoms with Crippen molar-refractivity contribution in [1.29, 1.82) is 0 Å². The standard InChI is InChI=1S/C13H17NO3S/c15-18-7-3-10(4-8-18)14-11-1-2-12-13(9-11)17-6-5-16-12/h1-2,9-10,14H,3-8H2. The molecule has 5 heteroatoms. The summed E-state index contributed by atoms with van der Waals surface area (Å²) >= 11 is 0. The van der Waals surface area contributed by atoms with Gasteiger partial charge in [0.1, 0.15) is 13.2 Å². The predicted octanol–water partition coefficient (Wildman–Crippen LogP) is 1.78. The van der Waals surface area contributed by atoms with Crippen LogP contribution in [0.15, 0.2) is 18.2 Å². The molecule has 4 nitrogen and oxygen atoms in total. The quantitative estimate of drug-likeness (QED) is 0.887. The minimum absolute atomic E-state index is 0.422. The monoisotopic (exact) mass is 267 g/mol. The van der Waals surface area contributed by atoms with Crippen LogP contribution in [0.4, 0.5) is 5.69 Å². The van der Waals surface area contributed by atoms with Crippen molar-refractivity contribution in [2.24, 2.45) is 0 Å². The summed E-state index contributed by atoms with van der Waals surface area (Å²) in [6.45, 7) is 1.23. The van der Waals surface area contributed by atoms with Crippen LogP contribution in [0.5, 0.6) is 11.5 Å². The first-order valence-corrected chi connectivity index (χ1v) is 7.81. The Labute approximate surface area is 109 Å². The molecule has 0 spiro atoms. The van der Waals surface area contributed by atoms with Crippen molar-refractivity contribution >= 4 is 16.5 Å². The SMILES string of the molecule is O=S1CCC(Nc2ccc3c(c2)OCCO3)CC1. The Morgan fingerprint density at radius 1 is 1.11 bits per heavy atom. The van der Waals surface area contributed by atoms with Crippen LogP contribution in [0.1, 0.15) is 12.8 Å². The molecule has 0 unspecified atom stereocenters. The van der Waals surface area contributed by atoms with Crippen molar-refractivity contribution in [3.63, 3.8) is 0 Å².